The lowest BCUT2D eigenvalue weighted by molar-refractivity contribution is -0.0308. The number of hydrogen-bond acceptors (Lipinski definition) is 5. The quantitative estimate of drug-likeness (QED) is 0.588. The zero-order valence-electron chi connectivity index (χ0n) is 16.8. The molecule has 0 aromatic rings. The molecule has 0 aromatic carbocycles. The Balaban J connectivity index is 2.43. The van der Waals surface area contributed by atoms with E-state index in [9.17, 15) is 12.6 Å². The van der Waals surface area contributed by atoms with Gasteiger partial charge in [-0.15, -0.1) is 0 Å². The maximum Gasteiger partial charge on any atom is 0.211 e. The largest absolute Gasteiger partial charge is 0.375 e. The van der Waals surface area contributed by atoms with Crippen LogP contribution in [0.15, 0.2) is 0 Å². The molecule has 1 heterocycles. The van der Waals surface area contributed by atoms with Gasteiger partial charge in [0, 0.05) is 13.1 Å². The van der Waals surface area contributed by atoms with E-state index in [1.807, 2.05) is 38.9 Å². The molecule has 0 radical (unpaired) electrons. The second-order valence-electron chi connectivity index (χ2n) is 8.56. The van der Waals surface area contributed by atoms with Gasteiger partial charge in [-0.05, 0) is 59.8 Å². The van der Waals surface area contributed by atoms with Crippen LogP contribution in [-0.4, -0.2) is 65.9 Å². The topological polar surface area (TPSA) is 98.9 Å². The average molecular weight is 413 g/mol. The van der Waals surface area contributed by atoms with Crippen LogP contribution in [0.25, 0.3) is 0 Å². The molecule has 0 saturated carbocycles. The maximum atomic E-state index is 12.5. The summed E-state index contributed by atoms with van der Waals surface area (Å²) in [7, 11) is -4.54. The molecule has 0 aliphatic carbocycles. The van der Waals surface area contributed by atoms with Crippen LogP contribution < -0.4 is 5.14 Å². The molecule has 1 aliphatic heterocycles. The first-order valence-electron chi connectivity index (χ1n) is 9.19. The molecule has 156 valence electrons. The molecule has 1 saturated heterocycles. The molecule has 0 bridgehead atoms. The van der Waals surface area contributed by atoms with Gasteiger partial charge in [0.25, 0.3) is 0 Å². The van der Waals surface area contributed by atoms with E-state index in [1.54, 1.807) is 0 Å². The van der Waals surface area contributed by atoms with Crippen molar-refractivity contribution < 1.29 is 22.1 Å². The summed E-state index contributed by atoms with van der Waals surface area (Å²) in [6, 6.07) is 0. The lowest BCUT2D eigenvalue weighted by Gasteiger charge is -2.36. The molecule has 2 atom stereocenters. The van der Waals surface area contributed by atoms with E-state index >= 15 is 0 Å². The van der Waals surface area contributed by atoms with Gasteiger partial charge in [-0.2, -0.15) is 0 Å². The van der Waals surface area contributed by atoms with Crippen molar-refractivity contribution in [1.29, 1.82) is 0 Å². The average Bonchev–Trinajstić information content (AvgIpc) is 2.43. The van der Waals surface area contributed by atoms with Gasteiger partial charge in [-0.25, -0.2) is 22.1 Å². The molecule has 1 rings (SSSR count). The lowest BCUT2D eigenvalue weighted by Crippen LogP contribution is -2.41. The number of rotatable bonds is 10. The minimum absolute atomic E-state index is 0.0956. The van der Waals surface area contributed by atoms with Gasteiger partial charge in [-0.3, -0.25) is 0 Å². The predicted molar refractivity (Wildman–Crippen MR) is 106 cm³/mol. The van der Waals surface area contributed by atoms with Crippen LogP contribution in [0.3, 0.4) is 0 Å². The van der Waals surface area contributed by atoms with Crippen molar-refractivity contribution in [1.82, 2.24) is 4.31 Å². The Morgan fingerprint density at radius 3 is 2.38 bits per heavy atom. The van der Waals surface area contributed by atoms with E-state index in [-0.39, 0.29) is 18.0 Å². The van der Waals surface area contributed by atoms with Gasteiger partial charge in [0.05, 0.1) is 46.9 Å². The minimum atomic E-state index is -3.50. The molecule has 0 spiro atoms. The number of hydrogen-bond donors (Lipinski definition) is 1. The van der Waals surface area contributed by atoms with Crippen molar-refractivity contribution in [2.75, 3.05) is 37.8 Å². The normalized spacial score (nSPS) is 21.7. The second-order valence-corrected chi connectivity index (χ2v) is 11.9. The molecule has 26 heavy (non-hydrogen) atoms. The monoisotopic (exact) mass is 412 g/mol. The van der Waals surface area contributed by atoms with Crippen molar-refractivity contribution in [3.63, 3.8) is 0 Å². The number of nitrogens with two attached hydrogens (primary N) is 1. The third-order valence-corrected chi connectivity index (χ3v) is 6.36. The van der Waals surface area contributed by atoms with Crippen LogP contribution in [0.5, 0.6) is 0 Å². The van der Waals surface area contributed by atoms with Crippen LogP contribution in [0, 0.1) is 5.92 Å². The Hall–Kier alpha value is -0.0600. The highest BCUT2D eigenvalue weighted by atomic mass is 32.2. The summed E-state index contributed by atoms with van der Waals surface area (Å²) >= 11 is 0. The fraction of sp³-hybridized carbons (Fsp3) is 1.00. The summed E-state index contributed by atoms with van der Waals surface area (Å²) in [5.41, 5.74) is -0.651. The minimum Gasteiger partial charge on any atom is -0.375 e. The highest BCUT2D eigenvalue weighted by Gasteiger charge is 2.30. The van der Waals surface area contributed by atoms with E-state index in [0.717, 1.165) is 32.4 Å². The molecule has 0 amide bonds. The Morgan fingerprint density at radius 1 is 1.15 bits per heavy atom. The number of primary sulfonamides is 1. The first-order valence-corrected chi connectivity index (χ1v) is 12.2. The standard InChI is InChI=1S/C17H36N2O5S2/c1-16(2,3)23-9-11-25(20)19-8-6-7-15(14-19)13-17(4,5)24-10-12-26(18,21)22/h15H,6-14H2,1-5H3,(H2,18,21,22). The first kappa shape index (κ1) is 24.0. The van der Waals surface area contributed by atoms with Crippen molar-refractivity contribution in [2.45, 2.75) is 65.1 Å². The number of sulfonamides is 1. The zero-order chi connectivity index (χ0) is 20.0. The van der Waals surface area contributed by atoms with E-state index in [1.165, 1.54) is 0 Å². The summed E-state index contributed by atoms with van der Waals surface area (Å²) in [5, 5.41) is 5.01. The van der Waals surface area contributed by atoms with Crippen LogP contribution in [0.1, 0.15) is 53.9 Å². The molecule has 0 aromatic heterocycles. The van der Waals surface area contributed by atoms with E-state index in [0.29, 0.717) is 18.3 Å². The lowest BCUT2D eigenvalue weighted by atomic mass is 9.88. The number of piperidine rings is 1. The third kappa shape index (κ3) is 10.9. The molecular formula is C17H36N2O5S2. The Morgan fingerprint density at radius 2 is 1.81 bits per heavy atom. The Labute approximate surface area is 161 Å². The third-order valence-electron chi connectivity index (χ3n) is 4.20. The van der Waals surface area contributed by atoms with Gasteiger partial charge in [0.1, 0.15) is 0 Å². The Bertz CT molecular complexity index is 558. The second kappa shape index (κ2) is 9.93. The molecule has 7 nitrogen and oxygen atoms in total. The zero-order valence-corrected chi connectivity index (χ0v) is 18.5. The number of ether oxygens (including phenoxy) is 2. The SMILES string of the molecule is CC(C)(C)OCCS(=O)N1CCCC(CC(C)(C)OCCS(N)(=O)=O)C1. The fourth-order valence-corrected chi connectivity index (χ4v) is 4.62. The fourth-order valence-electron chi connectivity index (χ4n) is 3.11. The van der Waals surface area contributed by atoms with Crippen molar-refractivity contribution in [2.24, 2.45) is 11.1 Å². The van der Waals surface area contributed by atoms with Crippen LogP contribution in [0.2, 0.25) is 0 Å². The van der Waals surface area contributed by atoms with Gasteiger partial charge < -0.3 is 9.47 Å². The smallest absolute Gasteiger partial charge is 0.211 e. The Kier molecular flexibility index (Phi) is 9.16. The summed E-state index contributed by atoms with van der Waals surface area (Å²) in [6.45, 7) is 12.1. The highest BCUT2D eigenvalue weighted by molar-refractivity contribution is 7.89. The van der Waals surface area contributed by atoms with E-state index < -0.39 is 26.6 Å². The van der Waals surface area contributed by atoms with Gasteiger partial charge >= 0.3 is 0 Å². The summed E-state index contributed by atoms with van der Waals surface area (Å²) in [5.74, 6) is 0.712. The van der Waals surface area contributed by atoms with Crippen molar-refractivity contribution >= 4 is 21.0 Å². The van der Waals surface area contributed by atoms with Crippen LogP contribution >= 0.6 is 0 Å². The molecular weight excluding hydrogens is 376 g/mol. The van der Waals surface area contributed by atoms with Crippen LogP contribution in [-0.2, 0) is 30.5 Å². The molecule has 2 N–H and O–H groups in total. The maximum absolute atomic E-state index is 12.5. The molecule has 1 fully saturated rings. The first-order chi connectivity index (χ1) is 11.8. The van der Waals surface area contributed by atoms with E-state index in [2.05, 4.69) is 0 Å². The van der Waals surface area contributed by atoms with Crippen LogP contribution in [0.4, 0.5) is 0 Å². The van der Waals surface area contributed by atoms with Gasteiger partial charge in [0.15, 0.2) is 0 Å². The number of nitrogens with zero attached hydrogens (tertiary/aromatic N) is 1. The predicted octanol–water partition coefficient (Wildman–Crippen LogP) is 1.65. The summed E-state index contributed by atoms with van der Waals surface area (Å²) < 4.78 is 48.0. The molecule has 2 unspecified atom stereocenters. The summed E-state index contributed by atoms with van der Waals surface area (Å²) in [6.07, 6.45) is 2.86. The van der Waals surface area contributed by atoms with Crippen molar-refractivity contribution in [3.8, 4) is 0 Å². The van der Waals surface area contributed by atoms with Gasteiger partial charge in [-0.1, -0.05) is 0 Å². The van der Waals surface area contributed by atoms with Gasteiger partial charge in [0.2, 0.25) is 10.0 Å². The summed E-state index contributed by atoms with van der Waals surface area (Å²) in [4.78, 5) is 0. The molecule has 9 heteroatoms. The van der Waals surface area contributed by atoms with E-state index in [4.69, 9.17) is 14.6 Å². The highest BCUT2D eigenvalue weighted by Crippen LogP contribution is 2.28. The molecule has 1 aliphatic rings. The van der Waals surface area contributed by atoms with Crippen molar-refractivity contribution in [3.05, 3.63) is 0 Å².